The van der Waals surface area contributed by atoms with Crippen LogP contribution in [0, 0.1) is 17.3 Å². The normalized spacial score (nSPS) is 41.9. The molecule has 4 bridgehead atoms. The summed E-state index contributed by atoms with van der Waals surface area (Å²) in [6, 6.07) is -0.257. The molecule has 2 unspecified atom stereocenters. The number of hydrogen-bond acceptors (Lipinski definition) is 6. The lowest BCUT2D eigenvalue weighted by atomic mass is 9.58. The van der Waals surface area contributed by atoms with Gasteiger partial charge in [-0.3, -0.25) is 14.4 Å². The molecule has 5 atom stereocenters. The van der Waals surface area contributed by atoms with Crippen molar-refractivity contribution in [3.63, 3.8) is 0 Å². The van der Waals surface area contributed by atoms with Crippen LogP contribution in [0.1, 0.15) is 19.8 Å². The largest absolute Gasteiger partial charge is 0.468 e. The standard InChI is InChI=1S/C13H19NO5/c1-7-9-4-8-5-13(11(15)17-2,12(16)18-3)10(9)14(6-8)19-7/h7-10H,4-6H2,1-3H3/t7-,8-,9-,10?/m1/s1. The molecule has 106 valence electrons. The zero-order valence-electron chi connectivity index (χ0n) is 11.4. The molecule has 1 aliphatic carbocycles. The van der Waals surface area contributed by atoms with Crippen LogP contribution in [0.5, 0.6) is 0 Å². The quantitative estimate of drug-likeness (QED) is 0.533. The lowest BCUT2D eigenvalue weighted by Crippen LogP contribution is -2.65. The van der Waals surface area contributed by atoms with Gasteiger partial charge in [-0.15, -0.1) is 0 Å². The minimum atomic E-state index is -1.22. The van der Waals surface area contributed by atoms with Crippen LogP contribution in [0.25, 0.3) is 0 Å². The SMILES string of the molecule is COC(=O)C1(C(=O)OC)C[C@H]2C[C@H]3C1N(C2)O[C@@H]3C. The van der Waals surface area contributed by atoms with Crippen LogP contribution < -0.4 is 0 Å². The van der Waals surface area contributed by atoms with Crippen molar-refractivity contribution in [3.05, 3.63) is 0 Å². The number of hydrogen-bond donors (Lipinski definition) is 0. The number of ether oxygens (including phenoxy) is 2. The zero-order valence-corrected chi connectivity index (χ0v) is 11.4. The van der Waals surface area contributed by atoms with Gasteiger partial charge < -0.3 is 9.47 Å². The van der Waals surface area contributed by atoms with E-state index in [1.54, 1.807) is 5.06 Å². The molecule has 0 spiro atoms. The number of methoxy groups -OCH3 is 2. The summed E-state index contributed by atoms with van der Waals surface area (Å²) in [5.74, 6) is -0.535. The Morgan fingerprint density at radius 1 is 1.26 bits per heavy atom. The van der Waals surface area contributed by atoms with E-state index in [2.05, 4.69) is 0 Å². The zero-order chi connectivity index (χ0) is 13.8. The lowest BCUT2D eigenvalue weighted by Gasteiger charge is -2.51. The minimum Gasteiger partial charge on any atom is -0.468 e. The summed E-state index contributed by atoms with van der Waals surface area (Å²) in [6.45, 7) is 2.77. The van der Waals surface area contributed by atoms with Crippen LogP contribution in [-0.2, 0) is 23.9 Å². The summed E-state index contributed by atoms with van der Waals surface area (Å²) in [7, 11) is 2.63. The average Bonchev–Trinajstić information content (AvgIpc) is 2.67. The number of rotatable bonds is 2. The fraction of sp³-hybridized carbons (Fsp3) is 0.846. The fourth-order valence-electron chi connectivity index (χ4n) is 4.21. The van der Waals surface area contributed by atoms with Crippen molar-refractivity contribution in [3.8, 4) is 0 Å². The van der Waals surface area contributed by atoms with Crippen molar-refractivity contribution in [2.75, 3.05) is 20.8 Å². The number of nitrogens with zero attached hydrogens (tertiary/aromatic N) is 1. The van der Waals surface area contributed by atoms with E-state index >= 15 is 0 Å². The van der Waals surface area contributed by atoms with Crippen LogP contribution in [0.4, 0.5) is 0 Å². The smallest absolute Gasteiger partial charge is 0.324 e. The minimum absolute atomic E-state index is 0.0315. The predicted molar refractivity (Wildman–Crippen MR) is 63.7 cm³/mol. The average molecular weight is 269 g/mol. The van der Waals surface area contributed by atoms with Crippen LogP contribution in [0.3, 0.4) is 0 Å². The molecule has 3 saturated heterocycles. The van der Waals surface area contributed by atoms with Crippen LogP contribution in [0.2, 0.25) is 0 Å². The molecule has 1 saturated carbocycles. The van der Waals surface area contributed by atoms with Gasteiger partial charge in [0.25, 0.3) is 0 Å². The first-order valence-corrected chi connectivity index (χ1v) is 6.64. The summed E-state index contributed by atoms with van der Waals surface area (Å²) in [5.41, 5.74) is -1.22. The summed E-state index contributed by atoms with van der Waals surface area (Å²) >= 11 is 0. The monoisotopic (exact) mass is 269 g/mol. The van der Waals surface area contributed by atoms with Crippen molar-refractivity contribution in [1.29, 1.82) is 0 Å². The van der Waals surface area contributed by atoms with Gasteiger partial charge in [0.2, 0.25) is 0 Å². The van der Waals surface area contributed by atoms with Gasteiger partial charge in [0, 0.05) is 12.5 Å². The Kier molecular flexibility index (Phi) is 2.83. The summed E-state index contributed by atoms with van der Waals surface area (Å²) in [6.07, 6.45) is 1.53. The molecule has 6 heteroatoms. The van der Waals surface area contributed by atoms with Gasteiger partial charge >= 0.3 is 11.9 Å². The maximum Gasteiger partial charge on any atom is 0.324 e. The van der Waals surface area contributed by atoms with Crippen LogP contribution in [-0.4, -0.2) is 49.9 Å². The van der Waals surface area contributed by atoms with Crippen LogP contribution >= 0.6 is 0 Å². The molecule has 0 aromatic carbocycles. The van der Waals surface area contributed by atoms with Gasteiger partial charge in [0.1, 0.15) is 0 Å². The molecule has 0 amide bonds. The molecule has 4 fully saturated rings. The van der Waals surface area contributed by atoms with Crippen molar-refractivity contribution < 1.29 is 23.9 Å². The summed E-state index contributed by atoms with van der Waals surface area (Å²) < 4.78 is 9.81. The number of carbonyl (C=O) groups excluding carboxylic acids is 2. The Hall–Kier alpha value is -1.14. The Morgan fingerprint density at radius 3 is 2.42 bits per heavy atom. The van der Waals surface area contributed by atoms with Crippen molar-refractivity contribution in [1.82, 2.24) is 5.06 Å². The molecule has 19 heavy (non-hydrogen) atoms. The van der Waals surface area contributed by atoms with E-state index in [0.717, 1.165) is 13.0 Å². The Bertz CT molecular complexity index is 405. The molecule has 4 aliphatic rings. The Labute approximate surface area is 111 Å². The summed E-state index contributed by atoms with van der Waals surface area (Å²) in [4.78, 5) is 30.4. The van der Waals surface area contributed by atoms with Crippen molar-refractivity contribution in [2.24, 2.45) is 17.3 Å². The molecular weight excluding hydrogens is 250 g/mol. The first kappa shape index (κ1) is 12.9. The van der Waals surface area contributed by atoms with Crippen molar-refractivity contribution in [2.45, 2.75) is 31.9 Å². The van der Waals surface area contributed by atoms with Crippen LogP contribution in [0.15, 0.2) is 0 Å². The highest BCUT2D eigenvalue weighted by atomic mass is 16.7. The maximum atomic E-state index is 12.3. The molecule has 3 aliphatic heterocycles. The topological polar surface area (TPSA) is 65.1 Å². The summed E-state index contributed by atoms with van der Waals surface area (Å²) in [5, 5.41) is 1.81. The second-order valence-corrected chi connectivity index (χ2v) is 5.78. The molecule has 3 heterocycles. The number of esters is 2. The van der Waals surface area contributed by atoms with Gasteiger partial charge in [-0.1, -0.05) is 0 Å². The number of fused-ring (bicyclic) bond motifs is 1. The second-order valence-electron chi connectivity index (χ2n) is 5.78. The molecule has 4 rings (SSSR count). The van der Waals surface area contributed by atoms with Crippen molar-refractivity contribution >= 4 is 11.9 Å². The maximum absolute atomic E-state index is 12.3. The third-order valence-electron chi connectivity index (χ3n) is 4.88. The van der Waals surface area contributed by atoms with Gasteiger partial charge in [-0.2, -0.15) is 5.06 Å². The van der Waals surface area contributed by atoms with E-state index in [-0.39, 0.29) is 24.0 Å². The van der Waals surface area contributed by atoms with E-state index in [1.807, 2.05) is 6.92 Å². The van der Waals surface area contributed by atoms with Gasteiger partial charge in [0.05, 0.1) is 26.4 Å². The Morgan fingerprint density at radius 2 is 1.89 bits per heavy atom. The van der Waals surface area contributed by atoms with Gasteiger partial charge in [-0.05, 0) is 25.7 Å². The number of carbonyl (C=O) groups is 2. The van der Waals surface area contributed by atoms with E-state index in [9.17, 15) is 9.59 Å². The molecule has 0 aromatic rings. The number of hydroxylamine groups is 2. The van der Waals surface area contributed by atoms with E-state index in [4.69, 9.17) is 14.3 Å². The van der Waals surface area contributed by atoms with E-state index in [0.29, 0.717) is 6.42 Å². The number of piperidine rings is 2. The third kappa shape index (κ3) is 1.50. The molecule has 6 nitrogen and oxygen atoms in total. The van der Waals surface area contributed by atoms with E-state index < -0.39 is 17.4 Å². The van der Waals surface area contributed by atoms with E-state index in [1.165, 1.54) is 14.2 Å². The van der Waals surface area contributed by atoms with Gasteiger partial charge in [-0.25, -0.2) is 0 Å². The Balaban J connectivity index is 2.06. The molecular formula is C13H19NO5. The van der Waals surface area contributed by atoms with Gasteiger partial charge in [0.15, 0.2) is 5.41 Å². The highest BCUT2D eigenvalue weighted by molar-refractivity contribution is 6.01. The predicted octanol–water partition coefficient (Wildman–Crippen LogP) is 0.363. The molecule has 0 aromatic heterocycles. The fourth-order valence-corrected chi connectivity index (χ4v) is 4.21. The highest BCUT2D eigenvalue weighted by Crippen LogP contribution is 2.55. The highest BCUT2D eigenvalue weighted by Gasteiger charge is 2.69. The first-order valence-electron chi connectivity index (χ1n) is 6.64. The lowest BCUT2D eigenvalue weighted by molar-refractivity contribution is -0.224. The third-order valence-corrected chi connectivity index (χ3v) is 4.88. The molecule has 0 radical (unpaired) electrons. The second kappa shape index (κ2) is 4.18. The molecule has 0 N–H and O–H groups in total. The first-order chi connectivity index (χ1) is 9.04.